The summed E-state index contributed by atoms with van der Waals surface area (Å²) in [4.78, 5) is 20.0. The Kier molecular flexibility index (Phi) is 6.25. The quantitative estimate of drug-likeness (QED) is 0.772. The molecule has 3 heterocycles. The Morgan fingerprint density at radius 3 is 2.48 bits per heavy atom. The fourth-order valence-electron chi connectivity index (χ4n) is 4.48. The van der Waals surface area contributed by atoms with Crippen molar-refractivity contribution in [2.24, 2.45) is 0 Å². The first-order chi connectivity index (χ1) is 14.1. The summed E-state index contributed by atoms with van der Waals surface area (Å²) in [7, 11) is 0. The molecule has 0 spiro atoms. The van der Waals surface area contributed by atoms with Crippen LogP contribution in [0.5, 0.6) is 0 Å². The molecule has 0 unspecified atom stereocenters. The molecule has 4 rings (SSSR count). The van der Waals surface area contributed by atoms with Gasteiger partial charge in [-0.25, -0.2) is 4.68 Å². The number of likely N-dealkylation sites (tertiary alicyclic amines) is 1. The van der Waals surface area contributed by atoms with Crippen LogP contribution in [0, 0.1) is 6.92 Å². The Labute approximate surface area is 173 Å². The Bertz CT molecular complexity index is 818. The summed E-state index contributed by atoms with van der Waals surface area (Å²) in [6, 6.07) is 8.84. The van der Waals surface area contributed by atoms with Gasteiger partial charge in [0.05, 0.1) is 12.7 Å². The van der Waals surface area contributed by atoms with Crippen molar-refractivity contribution in [3.05, 3.63) is 47.3 Å². The summed E-state index contributed by atoms with van der Waals surface area (Å²) in [5.74, 6) is 0.00952. The largest absolute Gasteiger partial charge is 0.337 e. The molecular weight excluding hydrogens is 364 g/mol. The number of hydrogen-bond acceptors (Lipinski definition) is 5. The van der Waals surface area contributed by atoms with Gasteiger partial charge in [-0.1, -0.05) is 36.4 Å². The smallest absolute Gasteiger partial charge is 0.276 e. The van der Waals surface area contributed by atoms with Gasteiger partial charge in [-0.2, -0.15) is 0 Å². The lowest BCUT2D eigenvalue weighted by molar-refractivity contribution is 0.0486. The summed E-state index contributed by atoms with van der Waals surface area (Å²) in [6.45, 7) is 12.4. The van der Waals surface area contributed by atoms with Crippen LogP contribution >= 0.6 is 0 Å². The zero-order valence-corrected chi connectivity index (χ0v) is 17.6. The molecule has 0 aliphatic carbocycles. The second kappa shape index (κ2) is 9.05. The Balaban J connectivity index is 1.30. The van der Waals surface area contributed by atoms with Crippen LogP contribution in [0.3, 0.4) is 0 Å². The van der Waals surface area contributed by atoms with E-state index in [1.165, 1.54) is 24.2 Å². The monoisotopic (exact) mass is 396 g/mol. The highest BCUT2D eigenvalue weighted by atomic mass is 16.2. The van der Waals surface area contributed by atoms with Crippen LogP contribution in [0.4, 0.5) is 0 Å². The molecule has 2 fully saturated rings. The van der Waals surface area contributed by atoms with Gasteiger partial charge in [0.1, 0.15) is 0 Å². The molecule has 1 amide bonds. The lowest BCUT2D eigenvalue weighted by Gasteiger charge is -2.42. The standard InChI is InChI=1S/C22H32N6O/c1-3-25-12-14-26(15-13-25)20-8-10-27(11-9-20)22(29)21-17-28(24-23-21)16-19-7-5-4-6-18(19)2/h4-7,17,20H,3,8-16H2,1-2H3. The van der Waals surface area contributed by atoms with E-state index in [1.807, 2.05) is 17.0 Å². The maximum Gasteiger partial charge on any atom is 0.276 e. The SMILES string of the molecule is CCN1CCN(C2CCN(C(=O)c3cn(Cc4ccccc4C)nn3)CC2)CC1. The molecule has 7 nitrogen and oxygen atoms in total. The first-order valence-electron chi connectivity index (χ1n) is 10.8. The second-order valence-electron chi connectivity index (χ2n) is 8.22. The summed E-state index contributed by atoms with van der Waals surface area (Å²) in [5.41, 5.74) is 2.87. The van der Waals surface area contributed by atoms with Gasteiger partial charge in [0, 0.05) is 45.3 Å². The molecule has 0 saturated carbocycles. The van der Waals surface area contributed by atoms with E-state index in [1.54, 1.807) is 10.9 Å². The molecule has 156 valence electrons. The third kappa shape index (κ3) is 4.67. The van der Waals surface area contributed by atoms with Crippen molar-refractivity contribution in [3.8, 4) is 0 Å². The number of hydrogen-bond donors (Lipinski definition) is 0. The van der Waals surface area contributed by atoms with E-state index in [0.29, 0.717) is 18.3 Å². The predicted molar refractivity (Wildman–Crippen MR) is 113 cm³/mol. The molecule has 0 bridgehead atoms. The van der Waals surface area contributed by atoms with Gasteiger partial charge < -0.3 is 9.80 Å². The number of piperazine rings is 1. The van der Waals surface area contributed by atoms with Crippen molar-refractivity contribution >= 4 is 5.91 Å². The van der Waals surface area contributed by atoms with Crippen LogP contribution in [-0.2, 0) is 6.54 Å². The van der Waals surface area contributed by atoms with Crippen LogP contribution in [0.15, 0.2) is 30.5 Å². The van der Waals surface area contributed by atoms with Gasteiger partial charge in [-0.15, -0.1) is 5.10 Å². The van der Waals surface area contributed by atoms with Crippen molar-refractivity contribution in [3.63, 3.8) is 0 Å². The number of carbonyl (C=O) groups is 1. The van der Waals surface area contributed by atoms with E-state index >= 15 is 0 Å². The van der Waals surface area contributed by atoms with E-state index < -0.39 is 0 Å². The average molecular weight is 397 g/mol. The molecule has 2 aromatic rings. The molecule has 7 heteroatoms. The first kappa shape index (κ1) is 20.0. The fourth-order valence-corrected chi connectivity index (χ4v) is 4.48. The predicted octanol–water partition coefficient (Wildman–Crippen LogP) is 1.88. The van der Waals surface area contributed by atoms with Gasteiger partial charge in [-0.05, 0) is 37.4 Å². The third-order valence-corrected chi connectivity index (χ3v) is 6.47. The molecule has 2 aliphatic rings. The molecular formula is C22H32N6O. The van der Waals surface area contributed by atoms with Crippen LogP contribution in [0.25, 0.3) is 0 Å². The zero-order chi connectivity index (χ0) is 20.2. The van der Waals surface area contributed by atoms with E-state index in [0.717, 1.165) is 45.6 Å². The number of nitrogens with zero attached hydrogens (tertiary/aromatic N) is 6. The fraction of sp³-hybridized carbons (Fsp3) is 0.591. The van der Waals surface area contributed by atoms with E-state index in [9.17, 15) is 4.79 Å². The normalized spacial score (nSPS) is 19.6. The number of amides is 1. The van der Waals surface area contributed by atoms with E-state index in [2.05, 4.69) is 46.1 Å². The van der Waals surface area contributed by atoms with Crippen LogP contribution < -0.4 is 0 Å². The van der Waals surface area contributed by atoms with Gasteiger partial charge in [0.25, 0.3) is 5.91 Å². The number of piperidine rings is 1. The highest BCUT2D eigenvalue weighted by Gasteiger charge is 2.30. The van der Waals surface area contributed by atoms with Crippen LogP contribution in [0.2, 0.25) is 0 Å². The molecule has 1 aromatic heterocycles. The third-order valence-electron chi connectivity index (χ3n) is 6.47. The number of likely N-dealkylation sites (N-methyl/N-ethyl adjacent to an activating group) is 1. The number of aryl methyl sites for hydroxylation is 1. The molecule has 0 radical (unpaired) electrons. The lowest BCUT2D eigenvalue weighted by Crippen LogP contribution is -2.53. The molecule has 0 N–H and O–H groups in total. The maximum atomic E-state index is 12.9. The van der Waals surface area contributed by atoms with Crippen molar-refractivity contribution in [2.45, 2.75) is 39.3 Å². The van der Waals surface area contributed by atoms with Crippen molar-refractivity contribution in [1.82, 2.24) is 29.7 Å². The number of aromatic nitrogens is 3. The van der Waals surface area contributed by atoms with Crippen LogP contribution in [0.1, 0.15) is 41.4 Å². The van der Waals surface area contributed by atoms with Crippen molar-refractivity contribution in [2.75, 3.05) is 45.8 Å². The van der Waals surface area contributed by atoms with Gasteiger partial charge in [-0.3, -0.25) is 9.69 Å². The first-order valence-corrected chi connectivity index (χ1v) is 10.8. The lowest BCUT2D eigenvalue weighted by atomic mass is 10.0. The molecule has 0 atom stereocenters. The number of rotatable bonds is 5. The zero-order valence-electron chi connectivity index (χ0n) is 17.6. The number of carbonyl (C=O) groups excluding carboxylic acids is 1. The summed E-state index contributed by atoms with van der Waals surface area (Å²) >= 11 is 0. The van der Waals surface area contributed by atoms with Crippen molar-refractivity contribution < 1.29 is 4.79 Å². The Hall–Kier alpha value is -2.25. The van der Waals surface area contributed by atoms with Gasteiger partial charge in [0.2, 0.25) is 0 Å². The van der Waals surface area contributed by atoms with Crippen LogP contribution in [-0.4, -0.2) is 87.5 Å². The molecule has 1 aromatic carbocycles. The molecule has 2 saturated heterocycles. The highest BCUT2D eigenvalue weighted by molar-refractivity contribution is 5.92. The molecule has 29 heavy (non-hydrogen) atoms. The minimum absolute atomic E-state index is 0.00952. The summed E-state index contributed by atoms with van der Waals surface area (Å²) < 4.78 is 1.76. The van der Waals surface area contributed by atoms with E-state index in [-0.39, 0.29) is 5.91 Å². The topological polar surface area (TPSA) is 57.5 Å². The second-order valence-corrected chi connectivity index (χ2v) is 8.22. The number of benzene rings is 1. The van der Waals surface area contributed by atoms with Gasteiger partial charge in [0.15, 0.2) is 5.69 Å². The highest BCUT2D eigenvalue weighted by Crippen LogP contribution is 2.19. The summed E-state index contributed by atoms with van der Waals surface area (Å²) in [5, 5.41) is 8.33. The van der Waals surface area contributed by atoms with Crippen molar-refractivity contribution in [1.29, 1.82) is 0 Å². The molecule has 2 aliphatic heterocycles. The van der Waals surface area contributed by atoms with Gasteiger partial charge >= 0.3 is 0 Å². The summed E-state index contributed by atoms with van der Waals surface area (Å²) in [6.07, 6.45) is 3.88. The maximum absolute atomic E-state index is 12.9. The Morgan fingerprint density at radius 1 is 1.07 bits per heavy atom. The van der Waals surface area contributed by atoms with E-state index in [4.69, 9.17) is 0 Å². The average Bonchev–Trinajstić information content (AvgIpc) is 3.24. The minimum Gasteiger partial charge on any atom is -0.337 e. The minimum atomic E-state index is 0.00952. The Morgan fingerprint density at radius 2 is 1.79 bits per heavy atom.